The van der Waals surface area contributed by atoms with Crippen molar-refractivity contribution in [1.29, 1.82) is 0 Å². The molecule has 0 unspecified atom stereocenters. The number of carboxylic acid groups (broad SMARTS) is 1. The summed E-state index contributed by atoms with van der Waals surface area (Å²) in [5.41, 5.74) is 0.117. The number of nitrogens with zero attached hydrogens (tertiary/aromatic N) is 1. The molecule has 0 bridgehead atoms. The third kappa shape index (κ3) is 4.93. The van der Waals surface area contributed by atoms with Crippen molar-refractivity contribution >= 4 is 12.0 Å². The molecule has 0 radical (unpaired) electrons. The van der Waals surface area contributed by atoms with E-state index in [9.17, 15) is 9.59 Å². The molecular weight excluding hydrogens is 262 g/mol. The van der Waals surface area contributed by atoms with Gasteiger partial charge in [-0.2, -0.15) is 0 Å². The van der Waals surface area contributed by atoms with Crippen LogP contribution in [0.2, 0.25) is 0 Å². The average Bonchev–Trinajstić information content (AvgIpc) is 2.77. The summed E-state index contributed by atoms with van der Waals surface area (Å²) >= 11 is 0. The molecule has 20 heavy (non-hydrogen) atoms. The van der Waals surface area contributed by atoms with E-state index in [-0.39, 0.29) is 18.1 Å². The van der Waals surface area contributed by atoms with Crippen LogP contribution in [-0.4, -0.2) is 48.7 Å². The molecule has 0 aliphatic carbocycles. The van der Waals surface area contributed by atoms with Crippen LogP contribution in [-0.2, 0) is 6.54 Å². The lowest BCUT2D eigenvalue weighted by atomic mass is 10.2. The monoisotopic (exact) mass is 283 g/mol. The largest absolute Gasteiger partial charge is 0.478 e. The van der Waals surface area contributed by atoms with Gasteiger partial charge in [0.2, 0.25) is 0 Å². The highest BCUT2D eigenvalue weighted by molar-refractivity contribution is 5.88. The van der Waals surface area contributed by atoms with Crippen LogP contribution >= 0.6 is 0 Å². The van der Waals surface area contributed by atoms with Gasteiger partial charge in [-0.15, -0.1) is 0 Å². The number of aromatic carboxylic acids is 1. The highest BCUT2D eigenvalue weighted by Gasteiger charge is 2.13. The minimum absolute atomic E-state index is 0.117. The first-order valence-corrected chi connectivity index (χ1v) is 6.46. The van der Waals surface area contributed by atoms with Crippen molar-refractivity contribution in [3.63, 3.8) is 0 Å². The van der Waals surface area contributed by atoms with Crippen molar-refractivity contribution in [2.75, 3.05) is 26.7 Å². The second kappa shape index (κ2) is 7.54. The van der Waals surface area contributed by atoms with Crippen molar-refractivity contribution < 1.29 is 19.1 Å². The fourth-order valence-corrected chi connectivity index (χ4v) is 1.59. The molecule has 0 fully saturated rings. The Morgan fingerprint density at radius 1 is 1.40 bits per heavy atom. The summed E-state index contributed by atoms with van der Waals surface area (Å²) in [5, 5.41) is 14.2. The van der Waals surface area contributed by atoms with Gasteiger partial charge >= 0.3 is 12.0 Å². The van der Waals surface area contributed by atoms with E-state index in [4.69, 9.17) is 9.52 Å². The van der Waals surface area contributed by atoms with Crippen molar-refractivity contribution in [3.8, 4) is 0 Å². The molecule has 112 valence electrons. The van der Waals surface area contributed by atoms with Gasteiger partial charge in [0.1, 0.15) is 17.1 Å². The molecule has 0 saturated carbocycles. The standard InChI is InChI=1S/C13H21N3O4/c1-4-16(3)6-5-14-13(19)15-8-10-7-11(12(17)18)9(2)20-10/h7H,4-6,8H2,1-3H3,(H,17,18)(H2,14,15,19). The van der Waals surface area contributed by atoms with Crippen LogP contribution in [0.3, 0.4) is 0 Å². The van der Waals surface area contributed by atoms with E-state index in [0.29, 0.717) is 18.1 Å². The molecule has 1 aromatic rings. The van der Waals surface area contributed by atoms with Crippen LogP contribution in [0.15, 0.2) is 10.5 Å². The molecule has 0 aliphatic rings. The molecule has 1 aromatic heterocycles. The summed E-state index contributed by atoms with van der Waals surface area (Å²) in [6, 6.07) is 1.11. The molecule has 1 heterocycles. The van der Waals surface area contributed by atoms with Crippen LogP contribution in [0.4, 0.5) is 4.79 Å². The van der Waals surface area contributed by atoms with Crippen LogP contribution in [0, 0.1) is 6.92 Å². The molecule has 0 saturated heterocycles. The molecule has 1 rings (SSSR count). The highest BCUT2D eigenvalue weighted by Crippen LogP contribution is 2.14. The maximum Gasteiger partial charge on any atom is 0.339 e. The number of furan rings is 1. The lowest BCUT2D eigenvalue weighted by Gasteiger charge is -2.14. The van der Waals surface area contributed by atoms with Gasteiger partial charge in [-0.1, -0.05) is 6.92 Å². The zero-order valence-corrected chi connectivity index (χ0v) is 12.0. The number of aryl methyl sites for hydroxylation is 1. The topological polar surface area (TPSA) is 94.8 Å². The van der Waals surface area contributed by atoms with Crippen LogP contribution < -0.4 is 10.6 Å². The summed E-state index contributed by atoms with van der Waals surface area (Å²) in [6.45, 7) is 6.02. The number of carbonyl (C=O) groups excluding carboxylic acids is 1. The summed E-state index contributed by atoms with van der Waals surface area (Å²) in [4.78, 5) is 24.4. The van der Waals surface area contributed by atoms with Crippen molar-refractivity contribution in [2.45, 2.75) is 20.4 Å². The van der Waals surface area contributed by atoms with Gasteiger partial charge in [-0.3, -0.25) is 0 Å². The van der Waals surface area contributed by atoms with Crippen molar-refractivity contribution in [2.24, 2.45) is 0 Å². The molecule has 7 nitrogen and oxygen atoms in total. The lowest BCUT2D eigenvalue weighted by Crippen LogP contribution is -2.39. The Labute approximate surface area is 117 Å². The zero-order chi connectivity index (χ0) is 15.1. The number of hydrogen-bond donors (Lipinski definition) is 3. The molecule has 0 aliphatic heterocycles. The molecular formula is C13H21N3O4. The predicted octanol–water partition coefficient (Wildman–Crippen LogP) is 1.04. The number of urea groups is 1. The van der Waals surface area contributed by atoms with E-state index >= 15 is 0 Å². The Balaban J connectivity index is 2.34. The van der Waals surface area contributed by atoms with Crippen LogP contribution in [0.1, 0.15) is 28.8 Å². The van der Waals surface area contributed by atoms with Gasteiger partial charge in [0.25, 0.3) is 0 Å². The first-order chi connectivity index (χ1) is 9.43. The van der Waals surface area contributed by atoms with E-state index < -0.39 is 5.97 Å². The molecule has 7 heteroatoms. The van der Waals surface area contributed by atoms with Gasteiger partial charge < -0.3 is 25.1 Å². The average molecular weight is 283 g/mol. The van der Waals surface area contributed by atoms with Crippen LogP contribution in [0.25, 0.3) is 0 Å². The Hall–Kier alpha value is -2.02. The number of likely N-dealkylation sites (N-methyl/N-ethyl adjacent to an activating group) is 1. The number of hydrogen-bond acceptors (Lipinski definition) is 4. The third-order valence-corrected chi connectivity index (χ3v) is 2.94. The Morgan fingerprint density at radius 3 is 2.65 bits per heavy atom. The second-order valence-corrected chi connectivity index (χ2v) is 4.49. The van der Waals surface area contributed by atoms with E-state index in [1.165, 1.54) is 6.07 Å². The predicted molar refractivity (Wildman–Crippen MR) is 73.8 cm³/mol. The SMILES string of the molecule is CCN(C)CCNC(=O)NCc1cc(C(=O)O)c(C)o1. The quantitative estimate of drug-likeness (QED) is 0.695. The van der Waals surface area contributed by atoms with Gasteiger partial charge in [-0.05, 0) is 26.6 Å². The minimum Gasteiger partial charge on any atom is -0.478 e. The second-order valence-electron chi connectivity index (χ2n) is 4.49. The smallest absolute Gasteiger partial charge is 0.339 e. The summed E-state index contributed by atoms with van der Waals surface area (Å²) in [5.74, 6) is -0.287. The molecule has 3 N–H and O–H groups in total. The molecule has 2 amide bonds. The summed E-state index contributed by atoms with van der Waals surface area (Å²) in [6.07, 6.45) is 0. The minimum atomic E-state index is -1.04. The van der Waals surface area contributed by atoms with Crippen LogP contribution in [0.5, 0.6) is 0 Å². The van der Waals surface area contributed by atoms with E-state index in [1.54, 1.807) is 6.92 Å². The first kappa shape index (κ1) is 16.0. The fourth-order valence-electron chi connectivity index (χ4n) is 1.59. The Kier molecular flexibility index (Phi) is 6.05. The van der Waals surface area contributed by atoms with Crippen molar-refractivity contribution in [1.82, 2.24) is 15.5 Å². The van der Waals surface area contributed by atoms with E-state index in [1.807, 2.05) is 14.0 Å². The van der Waals surface area contributed by atoms with E-state index in [2.05, 4.69) is 15.5 Å². The van der Waals surface area contributed by atoms with Crippen molar-refractivity contribution in [3.05, 3.63) is 23.2 Å². The summed E-state index contributed by atoms with van der Waals surface area (Å²) in [7, 11) is 1.97. The maximum atomic E-state index is 11.5. The highest BCUT2D eigenvalue weighted by atomic mass is 16.4. The number of nitrogens with one attached hydrogen (secondary N) is 2. The molecule has 0 aromatic carbocycles. The number of rotatable bonds is 7. The first-order valence-electron chi connectivity index (χ1n) is 6.46. The normalized spacial score (nSPS) is 10.6. The maximum absolute atomic E-state index is 11.5. The zero-order valence-electron chi connectivity index (χ0n) is 12.0. The number of carboxylic acids is 1. The van der Waals surface area contributed by atoms with Gasteiger partial charge in [-0.25, -0.2) is 9.59 Å². The molecule has 0 atom stereocenters. The van der Waals surface area contributed by atoms with Gasteiger partial charge in [0, 0.05) is 13.1 Å². The van der Waals surface area contributed by atoms with Gasteiger partial charge in [0.05, 0.1) is 6.54 Å². The number of amides is 2. The fraction of sp³-hybridized carbons (Fsp3) is 0.538. The Morgan fingerprint density at radius 2 is 2.10 bits per heavy atom. The molecule has 0 spiro atoms. The third-order valence-electron chi connectivity index (χ3n) is 2.94. The number of carbonyl (C=O) groups is 2. The van der Waals surface area contributed by atoms with E-state index in [0.717, 1.165) is 13.1 Å². The van der Waals surface area contributed by atoms with Gasteiger partial charge in [0.15, 0.2) is 0 Å². The lowest BCUT2D eigenvalue weighted by molar-refractivity contribution is 0.0695. The Bertz CT molecular complexity index is 470. The summed E-state index contributed by atoms with van der Waals surface area (Å²) < 4.78 is 5.25.